The lowest BCUT2D eigenvalue weighted by molar-refractivity contribution is 0.00843. The quantitative estimate of drug-likeness (QED) is 0.833. The van der Waals surface area contributed by atoms with Crippen LogP contribution in [0.1, 0.15) is 57.2 Å². The highest BCUT2D eigenvalue weighted by atomic mass is 32.1. The SMILES string of the molecule is COC(c1nc(=S)cc(C2CC2)[nH]1)C(C)(C)C. The molecule has 1 unspecified atom stereocenters. The van der Waals surface area contributed by atoms with Crippen molar-refractivity contribution in [2.75, 3.05) is 7.11 Å². The number of H-pyrrole nitrogens is 1. The van der Waals surface area contributed by atoms with Gasteiger partial charge in [0.05, 0.1) is 0 Å². The Morgan fingerprint density at radius 1 is 1.47 bits per heavy atom. The predicted molar refractivity (Wildman–Crippen MR) is 70.6 cm³/mol. The summed E-state index contributed by atoms with van der Waals surface area (Å²) in [6.07, 6.45) is 2.45. The number of aromatic amines is 1. The van der Waals surface area contributed by atoms with Crippen LogP contribution in [0.2, 0.25) is 0 Å². The Morgan fingerprint density at radius 2 is 2.12 bits per heavy atom. The predicted octanol–water partition coefficient (Wildman–Crippen LogP) is 3.75. The monoisotopic (exact) mass is 252 g/mol. The highest BCUT2D eigenvalue weighted by Crippen LogP contribution is 2.40. The summed E-state index contributed by atoms with van der Waals surface area (Å²) >= 11 is 5.24. The van der Waals surface area contributed by atoms with E-state index < -0.39 is 0 Å². The van der Waals surface area contributed by atoms with Crippen LogP contribution < -0.4 is 0 Å². The third-order valence-corrected chi connectivity index (χ3v) is 3.28. The molecular formula is C13H20N2OS. The van der Waals surface area contributed by atoms with Crippen LogP contribution >= 0.6 is 12.2 Å². The molecule has 0 bridgehead atoms. The van der Waals surface area contributed by atoms with E-state index in [4.69, 9.17) is 17.0 Å². The maximum absolute atomic E-state index is 5.57. The van der Waals surface area contributed by atoms with Crippen LogP contribution in [0.25, 0.3) is 0 Å². The molecule has 1 saturated carbocycles. The number of nitrogens with zero attached hydrogens (tertiary/aromatic N) is 1. The highest BCUT2D eigenvalue weighted by molar-refractivity contribution is 7.71. The first-order chi connectivity index (χ1) is 7.91. The largest absolute Gasteiger partial charge is 0.373 e. The summed E-state index contributed by atoms with van der Waals surface area (Å²) in [5.41, 5.74) is 1.22. The minimum absolute atomic E-state index is 0.00218. The van der Waals surface area contributed by atoms with Crippen LogP contribution in [-0.4, -0.2) is 17.1 Å². The smallest absolute Gasteiger partial charge is 0.137 e. The molecule has 2 rings (SSSR count). The average Bonchev–Trinajstić information content (AvgIpc) is 2.98. The molecular weight excluding hydrogens is 232 g/mol. The van der Waals surface area contributed by atoms with E-state index in [0.717, 1.165) is 5.82 Å². The Kier molecular flexibility index (Phi) is 3.36. The van der Waals surface area contributed by atoms with Gasteiger partial charge in [0.2, 0.25) is 0 Å². The number of nitrogens with one attached hydrogen (secondary N) is 1. The Hall–Kier alpha value is -0.740. The molecule has 1 aliphatic carbocycles. The van der Waals surface area contributed by atoms with E-state index in [1.807, 2.05) is 6.07 Å². The summed E-state index contributed by atoms with van der Waals surface area (Å²) in [6, 6.07) is 1.98. The zero-order valence-corrected chi connectivity index (χ0v) is 11.7. The first-order valence-corrected chi connectivity index (χ1v) is 6.46. The molecule has 4 heteroatoms. The van der Waals surface area contributed by atoms with Crippen molar-refractivity contribution in [3.8, 4) is 0 Å². The molecule has 1 atom stereocenters. The van der Waals surface area contributed by atoms with Crippen LogP contribution in [0.15, 0.2) is 6.07 Å². The van der Waals surface area contributed by atoms with Gasteiger partial charge in [-0.05, 0) is 30.2 Å². The molecule has 0 spiro atoms. The van der Waals surface area contributed by atoms with Crippen molar-refractivity contribution in [3.63, 3.8) is 0 Å². The first-order valence-electron chi connectivity index (χ1n) is 6.06. The molecule has 0 saturated heterocycles. The van der Waals surface area contributed by atoms with Crippen molar-refractivity contribution in [1.29, 1.82) is 0 Å². The molecule has 0 aliphatic heterocycles. The number of hydrogen-bond acceptors (Lipinski definition) is 3. The Morgan fingerprint density at radius 3 is 2.59 bits per heavy atom. The Balaban J connectivity index is 2.39. The number of ether oxygens (including phenoxy) is 1. The van der Waals surface area contributed by atoms with Gasteiger partial charge in [0.25, 0.3) is 0 Å². The van der Waals surface area contributed by atoms with E-state index in [0.29, 0.717) is 10.6 Å². The van der Waals surface area contributed by atoms with Crippen molar-refractivity contribution in [2.45, 2.75) is 45.6 Å². The fourth-order valence-electron chi connectivity index (χ4n) is 2.11. The summed E-state index contributed by atoms with van der Waals surface area (Å²) in [5, 5.41) is 0. The average molecular weight is 252 g/mol. The summed E-state index contributed by atoms with van der Waals surface area (Å²) in [6.45, 7) is 6.43. The van der Waals surface area contributed by atoms with E-state index in [1.165, 1.54) is 18.5 Å². The van der Waals surface area contributed by atoms with Gasteiger partial charge in [-0.2, -0.15) is 0 Å². The van der Waals surface area contributed by atoms with E-state index >= 15 is 0 Å². The molecule has 3 nitrogen and oxygen atoms in total. The van der Waals surface area contributed by atoms with Gasteiger partial charge in [-0.1, -0.05) is 33.0 Å². The maximum Gasteiger partial charge on any atom is 0.137 e. The van der Waals surface area contributed by atoms with E-state index in [-0.39, 0.29) is 11.5 Å². The summed E-state index contributed by atoms with van der Waals surface area (Å²) in [7, 11) is 1.72. The van der Waals surface area contributed by atoms with Gasteiger partial charge in [-0.25, -0.2) is 4.98 Å². The van der Waals surface area contributed by atoms with E-state index in [1.54, 1.807) is 7.11 Å². The van der Waals surface area contributed by atoms with Crippen molar-refractivity contribution < 1.29 is 4.74 Å². The normalized spacial score (nSPS) is 18.1. The third-order valence-electron chi connectivity index (χ3n) is 3.07. The van der Waals surface area contributed by atoms with Gasteiger partial charge in [0, 0.05) is 12.8 Å². The van der Waals surface area contributed by atoms with Gasteiger partial charge in [-0.3, -0.25) is 0 Å². The minimum atomic E-state index is -0.0529. The Bertz CT molecular complexity index is 457. The fraction of sp³-hybridized carbons (Fsp3) is 0.692. The number of rotatable bonds is 3. The maximum atomic E-state index is 5.57. The Labute approximate surface area is 108 Å². The minimum Gasteiger partial charge on any atom is -0.373 e. The van der Waals surface area contributed by atoms with Crippen LogP contribution in [-0.2, 0) is 4.74 Å². The van der Waals surface area contributed by atoms with Crippen LogP contribution in [0, 0.1) is 10.1 Å². The molecule has 0 radical (unpaired) electrons. The third kappa shape index (κ3) is 2.93. The van der Waals surface area contributed by atoms with Gasteiger partial charge in [0.1, 0.15) is 16.6 Å². The number of hydrogen-bond donors (Lipinski definition) is 1. The molecule has 1 aromatic heterocycles. The lowest BCUT2D eigenvalue weighted by Crippen LogP contribution is -2.22. The zero-order chi connectivity index (χ0) is 12.6. The number of aromatic nitrogens is 2. The molecule has 0 aromatic carbocycles. The molecule has 94 valence electrons. The zero-order valence-electron chi connectivity index (χ0n) is 10.9. The number of methoxy groups -OCH3 is 1. The van der Waals surface area contributed by atoms with Gasteiger partial charge >= 0.3 is 0 Å². The van der Waals surface area contributed by atoms with E-state index in [9.17, 15) is 0 Å². The lowest BCUT2D eigenvalue weighted by atomic mass is 9.88. The van der Waals surface area contributed by atoms with Crippen molar-refractivity contribution in [1.82, 2.24) is 9.97 Å². The molecule has 1 aromatic rings. The second kappa shape index (κ2) is 4.50. The van der Waals surface area contributed by atoms with Crippen molar-refractivity contribution in [3.05, 3.63) is 22.2 Å². The van der Waals surface area contributed by atoms with Crippen molar-refractivity contribution in [2.24, 2.45) is 5.41 Å². The van der Waals surface area contributed by atoms with Gasteiger partial charge < -0.3 is 9.72 Å². The fourth-order valence-corrected chi connectivity index (χ4v) is 2.34. The second-order valence-electron chi connectivity index (χ2n) is 5.82. The standard InChI is InChI=1S/C13H20N2OS/c1-13(2,3)11(16-4)12-14-9(8-5-6-8)7-10(17)15-12/h7-8,11H,5-6H2,1-4H3,(H,14,15,17). The highest BCUT2D eigenvalue weighted by Gasteiger charge is 2.30. The molecule has 0 amide bonds. The van der Waals surface area contributed by atoms with Crippen LogP contribution in [0.3, 0.4) is 0 Å². The second-order valence-corrected chi connectivity index (χ2v) is 6.23. The van der Waals surface area contributed by atoms with Gasteiger partial charge in [0.15, 0.2) is 0 Å². The first kappa shape index (κ1) is 12.7. The van der Waals surface area contributed by atoms with Crippen LogP contribution in [0.5, 0.6) is 0 Å². The van der Waals surface area contributed by atoms with Crippen molar-refractivity contribution >= 4 is 12.2 Å². The summed E-state index contributed by atoms with van der Waals surface area (Å²) in [4.78, 5) is 7.82. The van der Waals surface area contributed by atoms with E-state index in [2.05, 4.69) is 30.7 Å². The van der Waals surface area contributed by atoms with Crippen LogP contribution in [0.4, 0.5) is 0 Å². The summed E-state index contributed by atoms with van der Waals surface area (Å²) in [5.74, 6) is 1.50. The van der Waals surface area contributed by atoms with Gasteiger partial charge in [-0.15, -0.1) is 0 Å². The molecule has 1 heterocycles. The lowest BCUT2D eigenvalue weighted by Gasteiger charge is -2.28. The molecule has 1 fully saturated rings. The topological polar surface area (TPSA) is 37.9 Å². The summed E-state index contributed by atoms with van der Waals surface area (Å²) < 4.78 is 6.23. The molecule has 1 N–H and O–H groups in total. The molecule has 17 heavy (non-hydrogen) atoms. The molecule has 1 aliphatic rings.